The second-order valence-electron chi connectivity index (χ2n) is 4.28. The molecule has 82 valence electrons. The zero-order chi connectivity index (χ0) is 10.9. The Hall–Kier alpha value is -1.16. The summed E-state index contributed by atoms with van der Waals surface area (Å²) in [5.74, 6) is 0.118. The maximum Gasteiger partial charge on any atom is 0.202 e. The number of aryl methyl sites for hydroxylation is 1. The van der Waals surface area contributed by atoms with E-state index in [1.165, 1.54) is 0 Å². The molecule has 1 aromatic rings. The van der Waals surface area contributed by atoms with Crippen molar-refractivity contribution in [2.75, 3.05) is 6.54 Å². The van der Waals surface area contributed by atoms with E-state index < -0.39 is 5.54 Å². The van der Waals surface area contributed by atoms with Crippen LogP contribution in [0.15, 0.2) is 12.5 Å². The van der Waals surface area contributed by atoms with Crippen molar-refractivity contribution in [1.29, 1.82) is 0 Å². The standard InChI is InChI=1S/C11H17N3O/c1-3-14-7-9(12-8-14)10(15)11(2)5-4-6-13-11/h7-8,13H,3-6H2,1-2H3. The smallest absolute Gasteiger partial charge is 0.202 e. The fourth-order valence-corrected chi connectivity index (χ4v) is 2.02. The Labute approximate surface area is 89.7 Å². The van der Waals surface area contributed by atoms with Gasteiger partial charge in [0.1, 0.15) is 5.69 Å². The Balaban J connectivity index is 2.19. The number of hydrogen-bond donors (Lipinski definition) is 1. The molecule has 4 heteroatoms. The van der Waals surface area contributed by atoms with Gasteiger partial charge in [0.25, 0.3) is 0 Å². The van der Waals surface area contributed by atoms with Crippen LogP contribution in [0.4, 0.5) is 0 Å². The first kappa shape index (κ1) is 10.4. The summed E-state index contributed by atoms with van der Waals surface area (Å²) in [7, 11) is 0. The number of aromatic nitrogens is 2. The summed E-state index contributed by atoms with van der Waals surface area (Å²) in [6, 6.07) is 0. The van der Waals surface area contributed by atoms with E-state index in [0.717, 1.165) is 25.9 Å². The maximum absolute atomic E-state index is 12.2. The van der Waals surface area contributed by atoms with Crippen molar-refractivity contribution in [1.82, 2.24) is 14.9 Å². The van der Waals surface area contributed by atoms with Gasteiger partial charge < -0.3 is 9.88 Å². The third-order valence-electron chi connectivity index (χ3n) is 3.10. The van der Waals surface area contributed by atoms with E-state index in [0.29, 0.717) is 5.69 Å². The first-order valence-electron chi connectivity index (χ1n) is 5.47. The fourth-order valence-electron chi connectivity index (χ4n) is 2.02. The number of rotatable bonds is 3. The van der Waals surface area contributed by atoms with Gasteiger partial charge in [-0.3, -0.25) is 4.79 Å². The van der Waals surface area contributed by atoms with Gasteiger partial charge in [0.15, 0.2) is 0 Å². The molecule has 1 aromatic heterocycles. The Morgan fingerprint density at radius 3 is 3.07 bits per heavy atom. The van der Waals surface area contributed by atoms with Gasteiger partial charge in [0.2, 0.25) is 5.78 Å². The van der Waals surface area contributed by atoms with Gasteiger partial charge in [-0.15, -0.1) is 0 Å². The minimum atomic E-state index is -0.396. The first-order chi connectivity index (χ1) is 7.15. The van der Waals surface area contributed by atoms with Crippen molar-refractivity contribution in [2.45, 2.75) is 38.8 Å². The van der Waals surface area contributed by atoms with Crippen molar-refractivity contribution >= 4 is 5.78 Å². The summed E-state index contributed by atoms with van der Waals surface area (Å²) in [4.78, 5) is 16.3. The first-order valence-corrected chi connectivity index (χ1v) is 5.47. The molecule has 1 aliphatic rings. The van der Waals surface area contributed by atoms with Crippen LogP contribution in [-0.2, 0) is 6.54 Å². The van der Waals surface area contributed by atoms with E-state index in [-0.39, 0.29) is 5.78 Å². The molecule has 15 heavy (non-hydrogen) atoms. The Bertz CT molecular complexity index is 364. The lowest BCUT2D eigenvalue weighted by Gasteiger charge is -2.20. The predicted molar refractivity (Wildman–Crippen MR) is 57.9 cm³/mol. The molecule has 0 aliphatic carbocycles. The van der Waals surface area contributed by atoms with Crippen molar-refractivity contribution in [2.24, 2.45) is 0 Å². The second kappa shape index (κ2) is 3.77. The van der Waals surface area contributed by atoms with E-state index in [1.54, 1.807) is 6.33 Å². The van der Waals surface area contributed by atoms with Gasteiger partial charge in [-0.05, 0) is 33.2 Å². The highest BCUT2D eigenvalue weighted by Gasteiger charge is 2.37. The number of ketones is 1. The maximum atomic E-state index is 12.2. The molecule has 4 nitrogen and oxygen atoms in total. The summed E-state index contributed by atoms with van der Waals surface area (Å²) in [6.45, 7) is 5.78. The van der Waals surface area contributed by atoms with Gasteiger partial charge in [-0.25, -0.2) is 4.98 Å². The molecule has 1 atom stereocenters. The average Bonchev–Trinajstić information content (AvgIpc) is 2.85. The highest BCUT2D eigenvalue weighted by atomic mass is 16.1. The molecule has 1 aliphatic heterocycles. The van der Waals surface area contributed by atoms with Crippen LogP contribution < -0.4 is 5.32 Å². The van der Waals surface area contributed by atoms with Crippen LogP contribution >= 0.6 is 0 Å². The zero-order valence-electron chi connectivity index (χ0n) is 9.29. The van der Waals surface area contributed by atoms with Crippen LogP contribution in [0.2, 0.25) is 0 Å². The van der Waals surface area contributed by atoms with Gasteiger partial charge in [0, 0.05) is 12.7 Å². The number of imidazole rings is 1. The predicted octanol–water partition coefficient (Wildman–Crippen LogP) is 1.23. The summed E-state index contributed by atoms with van der Waals surface area (Å²) in [6.07, 6.45) is 5.51. The number of carbonyl (C=O) groups excluding carboxylic acids is 1. The molecule has 0 spiro atoms. The molecule has 0 bridgehead atoms. The summed E-state index contributed by atoms with van der Waals surface area (Å²) >= 11 is 0. The van der Waals surface area contributed by atoms with E-state index in [2.05, 4.69) is 10.3 Å². The highest BCUT2D eigenvalue weighted by Crippen LogP contribution is 2.22. The molecular formula is C11H17N3O. The van der Waals surface area contributed by atoms with Crippen molar-refractivity contribution in [3.63, 3.8) is 0 Å². The molecule has 1 unspecified atom stereocenters. The molecule has 0 amide bonds. The number of nitrogens with zero attached hydrogens (tertiary/aromatic N) is 2. The van der Waals surface area contributed by atoms with E-state index in [9.17, 15) is 4.79 Å². The molecular weight excluding hydrogens is 190 g/mol. The van der Waals surface area contributed by atoms with Crippen LogP contribution in [0.1, 0.15) is 37.2 Å². The normalized spacial score (nSPS) is 25.7. The van der Waals surface area contributed by atoms with Crippen LogP contribution in [0.5, 0.6) is 0 Å². The summed E-state index contributed by atoms with van der Waals surface area (Å²) < 4.78 is 1.92. The monoisotopic (exact) mass is 207 g/mol. The second-order valence-corrected chi connectivity index (χ2v) is 4.28. The Morgan fingerprint density at radius 2 is 2.53 bits per heavy atom. The zero-order valence-corrected chi connectivity index (χ0v) is 9.29. The molecule has 2 rings (SSSR count). The minimum absolute atomic E-state index is 0.118. The van der Waals surface area contributed by atoms with Crippen LogP contribution in [0.3, 0.4) is 0 Å². The van der Waals surface area contributed by atoms with Gasteiger partial charge in [-0.1, -0.05) is 0 Å². The largest absolute Gasteiger partial charge is 0.337 e. The number of Topliss-reactive ketones (excluding diaryl/α,β-unsaturated/α-hetero) is 1. The minimum Gasteiger partial charge on any atom is -0.337 e. The Kier molecular flexibility index (Phi) is 2.61. The average molecular weight is 207 g/mol. The van der Waals surface area contributed by atoms with Crippen molar-refractivity contribution in [3.05, 3.63) is 18.2 Å². The van der Waals surface area contributed by atoms with Crippen LogP contribution in [0, 0.1) is 0 Å². The topological polar surface area (TPSA) is 46.9 Å². The third-order valence-corrected chi connectivity index (χ3v) is 3.10. The molecule has 1 N–H and O–H groups in total. The summed E-state index contributed by atoms with van der Waals surface area (Å²) in [5.41, 5.74) is 0.182. The lowest BCUT2D eigenvalue weighted by atomic mass is 9.93. The van der Waals surface area contributed by atoms with Gasteiger partial charge in [0.05, 0.1) is 11.9 Å². The lowest BCUT2D eigenvalue weighted by Crippen LogP contribution is -2.44. The molecule has 0 saturated carbocycles. The molecule has 2 heterocycles. The van der Waals surface area contributed by atoms with Gasteiger partial charge in [-0.2, -0.15) is 0 Å². The van der Waals surface area contributed by atoms with E-state index >= 15 is 0 Å². The number of nitrogens with one attached hydrogen (secondary N) is 1. The van der Waals surface area contributed by atoms with Crippen molar-refractivity contribution in [3.8, 4) is 0 Å². The van der Waals surface area contributed by atoms with E-state index in [4.69, 9.17) is 0 Å². The van der Waals surface area contributed by atoms with Crippen molar-refractivity contribution < 1.29 is 4.79 Å². The Morgan fingerprint density at radius 1 is 1.73 bits per heavy atom. The number of hydrogen-bond acceptors (Lipinski definition) is 3. The van der Waals surface area contributed by atoms with Crippen LogP contribution in [0.25, 0.3) is 0 Å². The lowest BCUT2D eigenvalue weighted by molar-refractivity contribution is 0.0879. The summed E-state index contributed by atoms with van der Waals surface area (Å²) in [5, 5.41) is 3.26. The highest BCUT2D eigenvalue weighted by molar-refractivity contribution is 6.01. The molecule has 1 fully saturated rings. The molecule has 0 radical (unpaired) electrons. The SMILES string of the molecule is CCn1cnc(C(=O)C2(C)CCCN2)c1. The molecule has 0 aromatic carbocycles. The number of carbonyl (C=O) groups is 1. The quantitative estimate of drug-likeness (QED) is 0.758. The van der Waals surface area contributed by atoms with Gasteiger partial charge >= 0.3 is 0 Å². The molecule has 1 saturated heterocycles. The van der Waals surface area contributed by atoms with E-state index in [1.807, 2.05) is 24.6 Å². The fraction of sp³-hybridized carbons (Fsp3) is 0.636. The van der Waals surface area contributed by atoms with Crippen LogP contribution in [-0.4, -0.2) is 27.4 Å². The third kappa shape index (κ3) is 1.81.